The normalized spacial score (nSPS) is 19.2. The highest BCUT2D eigenvalue weighted by Gasteiger charge is 2.36. The molecule has 0 radical (unpaired) electrons. The molecule has 0 saturated heterocycles. The van der Waals surface area contributed by atoms with E-state index in [1.807, 2.05) is 24.3 Å². The second-order valence-electron chi connectivity index (χ2n) is 10.7. The molecule has 3 rings (SSSR count). The Morgan fingerprint density at radius 2 is 1.29 bits per heavy atom. The van der Waals surface area contributed by atoms with Crippen molar-refractivity contribution in [1.29, 1.82) is 0 Å². The van der Waals surface area contributed by atoms with Gasteiger partial charge >= 0.3 is 6.16 Å². The first kappa shape index (κ1) is 30.0. The van der Waals surface area contributed by atoms with Crippen molar-refractivity contribution in [2.24, 2.45) is 0 Å². The lowest BCUT2D eigenvalue weighted by Gasteiger charge is -2.36. The summed E-state index contributed by atoms with van der Waals surface area (Å²) in [5.41, 5.74) is 2.26. The number of hydrogen-bond donors (Lipinski definition) is 1. The molecule has 2 aromatic rings. The van der Waals surface area contributed by atoms with Gasteiger partial charge in [0.1, 0.15) is 11.9 Å². The first-order valence-corrected chi connectivity index (χ1v) is 14.9. The molecule has 210 valence electrons. The summed E-state index contributed by atoms with van der Waals surface area (Å²) in [7, 11) is 0. The Labute approximate surface area is 229 Å². The van der Waals surface area contributed by atoms with Gasteiger partial charge in [-0.2, -0.15) is 0 Å². The van der Waals surface area contributed by atoms with Crippen molar-refractivity contribution in [3.63, 3.8) is 0 Å². The molecular weight excluding hydrogens is 476 g/mol. The molecular formula is C33H48O5. The molecule has 1 saturated carbocycles. The summed E-state index contributed by atoms with van der Waals surface area (Å²) >= 11 is 0. The summed E-state index contributed by atoms with van der Waals surface area (Å²) in [6.07, 6.45) is 13.3. The lowest BCUT2D eigenvalue weighted by atomic mass is 9.78. The van der Waals surface area contributed by atoms with Crippen molar-refractivity contribution in [3.8, 4) is 16.9 Å². The first-order valence-electron chi connectivity index (χ1n) is 14.9. The van der Waals surface area contributed by atoms with Crippen molar-refractivity contribution < 1.29 is 24.1 Å². The maximum Gasteiger partial charge on any atom is 0.508 e. The molecule has 1 fully saturated rings. The maximum atomic E-state index is 12.0. The molecule has 0 unspecified atom stereocenters. The van der Waals surface area contributed by atoms with E-state index < -0.39 is 11.8 Å². The third-order valence-corrected chi connectivity index (χ3v) is 7.62. The van der Waals surface area contributed by atoms with Gasteiger partial charge < -0.3 is 19.3 Å². The number of carbonyl (C=O) groups is 1. The minimum atomic E-state index is -0.892. The molecule has 5 nitrogen and oxygen atoms in total. The van der Waals surface area contributed by atoms with Crippen LogP contribution in [-0.2, 0) is 15.1 Å². The summed E-state index contributed by atoms with van der Waals surface area (Å²) in [5, 5.41) is 11.3. The van der Waals surface area contributed by atoms with E-state index in [4.69, 9.17) is 14.2 Å². The minimum absolute atomic E-state index is 0.195. The molecule has 1 N–H and O–H groups in total. The average Bonchev–Trinajstić information content (AvgIpc) is 2.94. The summed E-state index contributed by atoms with van der Waals surface area (Å²) in [5.74, 6) is 0.907. The lowest BCUT2D eigenvalue weighted by molar-refractivity contribution is -0.0538. The number of ether oxygens (including phenoxy) is 3. The second-order valence-corrected chi connectivity index (χ2v) is 10.7. The SMILES string of the molecule is CCCCCCCOC(=O)OC1CCC(O)(c2ccc(-c3ccc(OCCCCCCC)cc3)cc2)CC1. The molecule has 0 aliphatic heterocycles. The number of benzene rings is 2. The fourth-order valence-corrected chi connectivity index (χ4v) is 5.12. The Hall–Kier alpha value is -2.53. The Bertz CT molecular complexity index is 913. The Morgan fingerprint density at radius 1 is 0.763 bits per heavy atom. The van der Waals surface area contributed by atoms with Crippen LogP contribution in [0.15, 0.2) is 48.5 Å². The van der Waals surface area contributed by atoms with Gasteiger partial charge in [0.15, 0.2) is 0 Å². The molecule has 0 spiro atoms. The van der Waals surface area contributed by atoms with Gasteiger partial charge in [0.2, 0.25) is 0 Å². The van der Waals surface area contributed by atoms with Gasteiger partial charge in [-0.15, -0.1) is 0 Å². The zero-order chi connectivity index (χ0) is 27.1. The third-order valence-electron chi connectivity index (χ3n) is 7.62. The van der Waals surface area contributed by atoms with Gasteiger partial charge in [-0.3, -0.25) is 0 Å². The fourth-order valence-electron chi connectivity index (χ4n) is 5.12. The molecule has 2 aromatic carbocycles. The van der Waals surface area contributed by atoms with Gasteiger partial charge in [0, 0.05) is 0 Å². The molecule has 0 amide bonds. The van der Waals surface area contributed by atoms with Gasteiger partial charge in [-0.25, -0.2) is 4.79 Å². The predicted molar refractivity (Wildman–Crippen MR) is 153 cm³/mol. The predicted octanol–water partition coefficient (Wildman–Crippen LogP) is 8.96. The van der Waals surface area contributed by atoms with Gasteiger partial charge in [0.05, 0.1) is 18.8 Å². The average molecular weight is 525 g/mol. The van der Waals surface area contributed by atoms with Crippen molar-refractivity contribution >= 4 is 6.16 Å². The number of carbonyl (C=O) groups excluding carboxylic acids is 1. The van der Waals surface area contributed by atoms with E-state index in [9.17, 15) is 9.90 Å². The quantitative estimate of drug-likeness (QED) is 0.175. The molecule has 38 heavy (non-hydrogen) atoms. The van der Waals surface area contributed by atoms with E-state index in [1.165, 1.54) is 44.9 Å². The molecule has 0 atom stereocenters. The van der Waals surface area contributed by atoms with Crippen LogP contribution >= 0.6 is 0 Å². The van der Waals surface area contributed by atoms with Crippen LogP contribution in [0.4, 0.5) is 4.79 Å². The largest absolute Gasteiger partial charge is 0.508 e. The van der Waals surface area contributed by atoms with Gasteiger partial charge in [-0.05, 0) is 67.3 Å². The standard InChI is InChI=1S/C33H48O5/c1-3-5-7-9-11-25-36-30-19-15-28(16-20-30)27-13-17-29(18-14-27)33(35)23-21-31(22-24-33)38-32(34)37-26-12-10-8-6-4-2/h13-20,31,35H,3-12,21-26H2,1-2H3. The Morgan fingerprint density at radius 3 is 1.87 bits per heavy atom. The van der Waals surface area contributed by atoms with Gasteiger partial charge in [-0.1, -0.05) is 102 Å². The number of unbranched alkanes of at least 4 members (excludes halogenated alkanes) is 8. The Balaban J connectivity index is 1.40. The summed E-state index contributed by atoms with van der Waals surface area (Å²) in [4.78, 5) is 12.0. The van der Waals surface area contributed by atoms with E-state index in [2.05, 4.69) is 38.1 Å². The van der Waals surface area contributed by atoms with E-state index in [1.54, 1.807) is 0 Å². The highest BCUT2D eigenvalue weighted by atomic mass is 16.7. The zero-order valence-corrected chi connectivity index (χ0v) is 23.6. The number of rotatable bonds is 16. The van der Waals surface area contributed by atoms with Crippen LogP contribution in [0.5, 0.6) is 5.75 Å². The molecule has 1 aliphatic rings. The molecule has 5 heteroatoms. The van der Waals surface area contributed by atoms with E-state index in [0.717, 1.165) is 48.3 Å². The van der Waals surface area contributed by atoms with Crippen LogP contribution in [0, 0.1) is 0 Å². The van der Waals surface area contributed by atoms with E-state index in [-0.39, 0.29) is 6.10 Å². The number of aliphatic hydroxyl groups is 1. The summed E-state index contributed by atoms with van der Waals surface area (Å²) in [6, 6.07) is 16.4. The van der Waals surface area contributed by atoms with Crippen LogP contribution in [0.1, 0.15) is 109 Å². The molecule has 0 heterocycles. The van der Waals surface area contributed by atoms with Crippen LogP contribution in [0.2, 0.25) is 0 Å². The summed E-state index contributed by atoms with van der Waals surface area (Å²) in [6.45, 7) is 5.59. The van der Waals surface area contributed by atoms with Crippen molar-refractivity contribution in [2.45, 2.75) is 115 Å². The van der Waals surface area contributed by atoms with Crippen LogP contribution in [0.25, 0.3) is 11.1 Å². The zero-order valence-electron chi connectivity index (χ0n) is 23.6. The number of hydrogen-bond acceptors (Lipinski definition) is 5. The minimum Gasteiger partial charge on any atom is -0.494 e. The topological polar surface area (TPSA) is 65.0 Å². The second kappa shape index (κ2) is 16.4. The molecule has 0 bridgehead atoms. The lowest BCUT2D eigenvalue weighted by Crippen LogP contribution is -2.35. The maximum absolute atomic E-state index is 12.0. The fraction of sp³-hybridized carbons (Fsp3) is 0.606. The third kappa shape index (κ3) is 9.98. The molecule has 0 aromatic heterocycles. The van der Waals surface area contributed by atoms with Crippen molar-refractivity contribution in [2.75, 3.05) is 13.2 Å². The van der Waals surface area contributed by atoms with Crippen molar-refractivity contribution in [3.05, 3.63) is 54.1 Å². The van der Waals surface area contributed by atoms with Crippen LogP contribution in [0.3, 0.4) is 0 Å². The summed E-state index contributed by atoms with van der Waals surface area (Å²) < 4.78 is 16.6. The van der Waals surface area contributed by atoms with Crippen LogP contribution < -0.4 is 4.74 Å². The van der Waals surface area contributed by atoms with Gasteiger partial charge in [0.25, 0.3) is 0 Å². The highest BCUT2D eigenvalue weighted by Crippen LogP contribution is 2.39. The monoisotopic (exact) mass is 524 g/mol. The smallest absolute Gasteiger partial charge is 0.494 e. The first-order chi connectivity index (χ1) is 18.5. The van der Waals surface area contributed by atoms with Crippen molar-refractivity contribution in [1.82, 2.24) is 0 Å². The van der Waals surface area contributed by atoms with E-state index in [0.29, 0.717) is 32.3 Å². The van der Waals surface area contributed by atoms with Crippen LogP contribution in [-0.4, -0.2) is 30.6 Å². The highest BCUT2D eigenvalue weighted by molar-refractivity contribution is 5.64. The molecule has 1 aliphatic carbocycles. The van der Waals surface area contributed by atoms with E-state index >= 15 is 0 Å². The Kier molecular flexibility index (Phi) is 13.0.